The number of ether oxygens (including phenoxy) is 1. The molecule has 0 spiro atoms. The third kappa shape index (κ3) is 6.65. The fraction of sp³-hybridized carbons (Fsp3) is 0.350. The molecule has 9 heteroatoms. The molecule has 1 aromatic heterocycles. The summed E-state index contributed by atoms with van der Waals surface area (Å²) in [5.74, 6) is 0.683. The second-order valence-corrected chi connectivity index (χ2v) is 6.19. The van der Waals surface area contributed by atoms with Crippen LogP contribution in [-0.4, -0.2) is 41.8 Å². The van der Waals surface area contributed by atoms with Gasteiger partial charge in [0.2, 0.25) is 0 Å². The first-order valence-electron chi connectivity index (χ1n) is 8.75. The summed E-state index contributed by atoms with van der Waals surface area (Å²) < 4.78 is 31.3. The van der Waals surface area contributed by atoms with Gasteiger partial charge >= 0.3 is 37.2 Å². The third-order valence-corrected chi connectivity index (χ3v) is 4.50. The second-order valence-electron chi connectivity index (χ2n) is 6.19. The molecule has 0 saturated carbocycles. The Morgan fingerprint density at radius 3 is 2.62 bits per heavy atom. The molecule has 154 valence electrons. The molecule has 0 bridgehead atoms. The number of amides is 1. The first-order chi connectivity index (χ1) is 13.1. The molecule has 29 heavy (non-hydrogen) atoms. The van der Waals surface area contributed by atoms with Crippen LogP contribution in [0.2, 0.25) is 0 Å². The number of alkyl carbamates (subject to hydrolysis) is 1. The van der Waals surface area contributed by atoms with Gasteiger partial charge in [0.25, 0.3) is 6.43 Å². The van der Waals surface area contributed by atoms with Gasteiger partial charge in [-0.15, -0.1) is 0 Å². The van der Waals surface area contributed by atoms with Crippen LogP contribution >= 0.6 is 0 Å². The second kappa shape index (κ2) is 12.1. The van der Waals surface area contributed by atoms with Crippen molar-refractivity contribution >= 4 is 11.9 Å². The first-order valence-corrected chi connectivity index (χ1v) is 8.75. The third-order valence-electron chi connectivity index (χ3n) is 4.50. The molecule has 1 aliphatic rings. The Labute approximate surface area is 193 Å². The quantitative estimate of drug-likeness (QED) is 0.507. The van der Waals surface area contributed by atoms with Gasteiger partial charge in [0.1, 0.15) is 12.1 Å². The number of piperidine rings is 1. The Morgan fingerprint density at radius 2 is 1.97 bits per heavy atom. The summed E-state index contributed by atoms with van der Waals surface area (Å²) in [4.78, 5) is 22.0. The summed E-state index contributed by atoms with van der Waals surface area (Å²) in [6.07, 6.45) is -0.169. The van der Waals surface area contributed by atoms with Crippen molar-refractivity contribution in [1.29, 1.82) is 0 Å². The molecule has 1 aliphatic heterocycles. The number of benzene rings is 1. The number of carbonyl (C=O) groups is 1. The van der Waals surface area contributed by atoms with E-state index in [1.54, 1.807) is 24.3 Å². The molecule has 1 N–H and O–H groups in total. The maximum Gasteiger partial charge on any atom is 2.00 e. The van der Waals surface area contributed by atoms with Gasteiger partial charge in [0, 0.05) is 36.3 Å². The molecule has 0 radical (unpaired) electrons. The molecule has 1 saturated heterocycles. The molecule has 1 aromatic carbocycles. The van der Waals surface area contributed by atoms with Gasteiger partial charge < -0.3 is 29.3 Å². The summed E-state index contributed by atoms with van der Waals surface area (Å²) >= 11 is 0. The summed E-state index contributed by atoms with van der Waals surface area (Å²) in [7, 11) is 0. The Balaban J connectivity index is 0.00000210. The molecule has 2 heterocycles. The summed E-state index contributed by atoms with van der Waals surface area (Å²) in [5.41, 5.74) is 0.827. The standard InChI is InChI=1S/C19H21F2N4O2.CH3.U/c1-2-27-19(26)24-13-7-9-25(10-8-13)17-11-16(22-12-23-17)14-5-3-4-6-15(14)18(20)21;;/h3-6,11-13,18H,1-2,7-10H2,(H,24,26);1H3;/q2*-1;+2. The van der Waals surface area contributed by atoms with Crippen LogP contribution in [-0.2, 0) is 4.74 Å². The van der Waals surface area contributed by atoms with Gasteiger partial charge in [0.15, 0.2) is 0 Å². The van der Waals surface area contributed by atoms with Crippen LogP contribution in [0.3, 0.4) is 0 Å². The molecule has 0 unspecified atom stereocenters. The molecule has 0 aliphatic carbocycles. The van der Waals surface area contributed by atoms with Crippen molar-refractivity contribution < 1.29 is 49.4 Å². The predicted molar refractivity (Wildman–Crippen MR) is 104 cm³/mol. The average Bonchev–Trinajstić information content (AvgIpc) is 2.69. The average molecular weight is 628 g/mol. The molecule has 1 fully saturated rings. The van der Waals surface area contributed by atoms with E-state index >= 15 is 0 Å². The number of aromatic nitrogens is 2. The van der Waals surface area contributed by atoms with Gasteiger partial charge in [-0.25, -0.2) is 23.5 Å². The molecular weight excluding hydrogens is 604 g/mol. The summed E-state index contributed by atoms with van der Waals surface area (Å²) in [5, 5.41) is 2.81. The SMILES string of the molecule is [CH2-]COC(=O)NC1CCN(c2cc(-c3ccccc3C(F)F)ncn2)CC1.[CH3-].[U+2]. The maximum absolute atomic E-state index is 13.3. The van der Waals surface area contributed by atoms with Gasteiger partial charge in [-0.3, -0.25) is 0 Å². The minimum atomic E-state index is -2.57. The van der Waals surface area contributed by atoms with Gasteiger partial charge in [-0.2, -0.15) is 0 Å². The van der Waals surface area contributed by atoms with E-state index in [0.29, 0.717) is 30.2 Å². The van der Waals surface area contributed by atoms with Gasteiger partial charge in [-0.05, 0) is 19.4 Å². The Bertz CT molecular complexity index is 787. The fourth-order valence-corrected chi connectivity index (χ4v) is 3.14. The van der Waals surface area contributed by atoms with E-state index in [2.05, 4.69) is 27.1 Å². The zero-order valence-electron chi connectivity index (χ0n) is 16.3. The molecule has 1 amide bonds. The zero-order valence-corrected chi connectivity index (χ0v) is 20.4. The van der Waals surface area contributed by atoms with Crippen molar-refractivity contribution in [3.05, 3.63) is 56.6 Å². The van der Waals surface area contributed by atoms with Crippen molar-refractivity contribution in [3.8, 4) is 11.3 Å². The number of alkyl halides is 2. The molecule has 2 aromatic rings. The van der Waals surface area contributed by atoms with Gasteiger partial charge in [0.05, 0.1) is 5.69 Å². The molecule has 6 nitrogen and oxygen atoms in total. The van der Waals surface area contributed by atoms with E-state index in [1.165, 1.54) is 12.4 Å². The van der Waals surface area contributed by atoms with Crippen molar-refractivity contribution in [3.63, 3.8) is 0 Å². The van der Waals surface area contributed by atoms with E-state index in [-0.39, 0.29) is 56.8 Å². The van der Waals surface area contributed by atoms with Crippen LogP contribution in [0.4, 0.5) is 19.4 Å². The molecule has 3 rings (SSSR count). The van der Waals surface area contributed by atoms with E-state index in [0.717, 1.165) is 12.8 Å². The van der Waals surface area contributed by atoms with Crippen LogP contribution in [0.25, 0.3) is 11.3 Å². The number of halogens is 2. The number of rotatable bonds is 5. The minimum absolute atomic E-state index is 0. The van der Waals surface area contributed by atoms with Crippen molar-refractivity contribution in [2.75, 3.05) is 24.6 Å². The summed E-state index contributed by atoms with van der Waals surface area (Å²) in [6.45, 7) is 4.93. The van der Waals surface area contributed by atoms with Gasteiger partial charge in [-0.1, -0.05) is 24.3 Å². The number of hydrogen-bond donors (Lipinski definition) is 1. The van der Waals surface area contributed by atoms with Crippen molar-refractivity contribution in [2.24, 2.45) is 0 Å². The number of anilines is 1. The Kier molecular flexibility index (Phi) is 10.6. The number of carbonyl (C=O) groups excluding carboxylic acids is 1. The van der Waals surface area contributed by atoms with Crippen LogP contribution in [0.5, 0.6) is 0 Å². The van der Waals surface area contributed by atoms with Crippen LogP contribution in [0, 0.1) is 45.5 Å². The fourth-order valence-electron chi connectivity index (χ4n) is 3.14. The topological polar surface area (TPSA) is 67.3 Å². The first kappa shape index (κ1) is 25.3. The monoisotopic (exact) mass is 628 g/mol. The normalized spacial score (nSPS) is 14.0. The molecule has 0 atom stereocenters. The number of nitrogens with zero attached hydrogens (tertiary/aromatic N) is 3. The Hall–Kier alpha value is -1.72. The zero-order chi connectivity index (χ0) is 19.2. The Morgan fingerprint density at radius 1 is 1.28 bits per heavy atom. The predicted octanol–water partition coefficient (Wildman–Crippen LogP) is 4.06. The minimum Gasteiger partial charge on any atom is -0.483 e. The van der Waals surface area contributed by atoms with Crippen LogP contribution in [0.15, 0.2) is 36.7 Å². The smallest absolute Gasteiger partial charge is 0.483 e. The van der Waals surface area contributed by atoms with E-state index in [9.17, 15) is 13.6 Å². The van der Waals surface area contributed by atoms with E-state index < -0.39 is 12.5 Å². The molecular formula is C20H24F2N4O2U. The van der Waals surface area contributed by atoms with E-state index in [1.807, 2.05) is 0 Å². The van der Waals surface area contributed by atoms with E-state index in [4.69, 9.17) is 4.74 Å². The summed E-state index contributed by atoms with van der Waals surface area (Å²) in [6, 6.07) is 8.10. The van der Waals surface area contributed by atoms with Crippen LogP contribution in [0.1, 0.15) is 24.8 Å². The van der Waals surface area contributed by atoms with Crippen molar-refractivity contribution in [1.82, 2.24) is 15.3 Å². The number of nitrogens with one attached hydrogen (secondary N) is 1. The largest absolute Gasteiger partial charge is 2.00 e. The van der Waals surface area contributed by atoms with Crippen molar-refractivity contribution in [2.45, 2.75) is 25.3 Å². The van der Waals surface area contributed by atoms with Crippen LogP contribution < -0.4 is 10.2 Å². The number of hydrogen-bond acceptors (Lipinski definition) is 5. The maximum atomic E-state index is 13.3.